The summed E-state index contributed by atoms with van der Waals surface area (Å²) in [4.78, 5) is 22.1. The van der Waals surface area contributed by atoms with Gasteiger partial charge >= 0.3 is 0 Å². The Balaban J connectivity index is 2.04. The number of ether oxygens (including phenoxy) is 2. The van der Waals surface area contributed by atoms with Crippen molar-refractivity contribution < 1.29 is 14.3 Å². The number of amides is 1. The van der Waals surface area contributed by atoms with Gasteiger partial charge in [-0.2, -0.15) is 0 Å². The lowest BCUT2D eigenvalue weighted by Gasteiger charge is -2.22. The molecular formula is C22H27N3O3S. The third-order valence-corrected chi connectivity index (χ3v) is 5.93. The summed E-state index contributed by atoms with van der Waals surface area (Å²) < 4.78 is 11.9. The molecule has 0 aliphatic rings. The monoisotopic (exact) mass is 413 g/mol. The molecule has 0 aliphatic carbocycles. The van der Waals surface area contributed by atoms with E-state index in [1.165, 1.54) is 11.3 Å². The molecule has 154 valence electrons. The van der Waals surface area contributed by atoms with Crippen LogP contribution in [0.2, 0.25) is 0 Å². The number of carbonyl (C=O) groups is 1. The van der Waals surface area contributed by atoms with E-state index in [2.05, 4.69) is 4.90 Å². The maximum absolute atomic E-state index is 13.5. The van der Waals surface area contributed by atoms with Crippen LogP contribution >= 0.6 is 11.3 Å². The third-order valence-electron chi connectivity index (χ3n) is 4.71. The topological polar surface area (TPSA) is 54.9 Å². The summed E-state index contributed by atoms with van der Waals surface area (Å²) in [5.74, 6) is 1.16. The van der Waals surface area contributed by atoms with Crippen LogP contribution in [-0.4, -0.2) is 57.2 Å². The van der Waals surface area contributed by atoms with E-state index in [1.807, 2.05) is 45.3 Å². The zero-order valence-electron chi connectivity index (χ0n) is 17.6. The molecule has 0 saturated heterocycles. The van der Waals surface area contributed by atoms with Crippen LogP contribution in [0.3, 0.4) is 0 Å². The molecule has 6 nitrogen and oxygen atoms in total. The van der Waals surface area contributed by atoms with E-state index in [0.29, 0.717) is 28.7 Å². The minimum Gasteiger partial charge on any atom is -0.496 e. The molecule has 0 aliphatic heterocycles. The molecule has 2 aromatic carbocycles. The minimum atomic E-state index is -0.114. The third kappa shape index (κ3) is 4.52. The van der Waals surface area contributed by atoms with Gasteiger partial charge in [0.15, 0.2) is 5.13 Å². The van der Waals surface area contributed by atoms with Crippen molar-refractivity contribution in [2.75, 3.05) is 46.3 Å². The number of hydrogen-bond acceptors (Lipinski definition) is 6. The van der Waals surface area contributed by atoms with Crippen LogP contribution in [0.15, 0.2) is 36.4 Å². The first-order valence-corrected chi connectivity index (χ1v) is 10.3. The summed E-state index contributed by atoms with van der Waals surface area (Å²) in [7, 11) is 7.27. The Morgan fingerprint density at radius 2 is 1.76 bits per heavy atom. The van der Waals surface area contributed by atoms with E-state index in [-0.39, 0.29) is 5.91 Å². The predicted molar refractivity (Wildman–Crippen MR) is 119 cm³/mol. The van der Waals surface area contributed by atoms with Gasteiger partial charge in [-0.3, -0.25) is 9.69 Å². The molecular weight excluding hydrogens is 386 g/mol. The molecule has 0 fully saturated rings. The molecule has 0 unspecified atom stereocenters. The van der Waals surface area contributed by atoms with E-state index in [0.717, 1.165) is 28.7 Å². The van der Waals surface area contributed by atoms with Crippen molar-refractivity contribution in [2.45, 2.75) is 13.3 Å². The summed E-state index contributed by atoms with van der Waals surface area (Å²) in [5.41, 5.74) is 2.43. The molecule has 29 heavy (non-hydrogen) atoms. The van der Waals surface area contributed by atoms with E-state index in [9.17, 15) is 4.79 Å². The fraction of sp³-hybridized carbons (Fsp3) is 0.364. The molecule has 1 aromatic heterocycles. The first kappa shape index (κ1) is 21.1. The molecule has 0 bridgehead atoms. The number of rotatable bonds is 8. The first-order valence-electron chi connectivity index (χ1n) is 9.50. The van der Waals surface area contributed by atoms with Crippen molar-refractivity contribution in [2.24, 2.45) is 0 Å². The smallest absolute Gasteiger partial charge is 0.263 e. The van der Waals surface area contributed by atoms with Crippen molar-refractivity contribution in [1.29, 1.82) is 0 Å². The highest BCUT2D eigenvalue weighted by atomic mass is 32.1. The zero-order valence-corrected chi connectivity index (χ0v) is 18.4. The number of aryl methyl sites for hydroxylation is 1. The van der Waals surface area contributed by atoms with Crippen LogP contribution < -0.4 is 14.4 Å². The molecule has 3 rings (SSSR count). The minimum absolute atomic E-state index is 0.114. The number of para-hydroxylation sites is 1. The summed E-state index contributed by atoms with van der Waals surface area (Å²) in [6, 6.07) is 11.2. The Morgan fingerprint density at radius 1 is 1.03 bits per heavy atom. The summed E-state index contributed by atoms with van der Waals surface area (Å²) in [5, 5.41) is 0.669. The van der Waals surface area contributed by atoms with Crippen LogP contribution in [0.5, 0.6) is 11.5 Å². The van der Waals surface area contributed by atoms with Gasteiger partial charge in [-0.25, -0.2) is 4.98 Å². The Morgan fingerprint density at radius 3 is 2.45 bits per heavy atom. The highest BCUT2D eigenvalue weighted by molar-refractivity contribution is 7.22. The fourth-order valence-corrected chi connectivity index (χ4v) is 4.25. The van der Waals surface area contributed by atoms with Crippen molar-refractivity contribution in [3.8, 4) is 11.5 Å². The highest BCUT2D eigenvalue weighted by Gasteiger charge is 2.24. The van der Waals surface area contributed by atoms with E-state index in [4.69, 9.17) is 14.5 Å². The van der Waals surface area contributed by atoms with Crippen LogP contribution in [0, 0.1) is 6.92 Å². The Labute approximate surface area is 175 Å². The summed E-state index contributed by atoms with van der Waals surface area (Å²) in [6.07, 6.45) is 0.833. The van der Waals surface area contributed by atoms with Crippen molar-refractivity contribution in [1.82, 2.24) is 9.88 Å². The molecule has 0 spiro atoms. The average Bonchev–Trinajstić information content (AvgIpc) is 3.17. The predicted octanol–water partition coefficient (Wildman–Crippen LogP) is 4.22. The maximum Gasteiger partial charge on any atom is 0.263 e. The number of fused-ring (bicyclic) bond motifs is 1. The molecule has 1 heterocycles. The van der Waals surface area contributed by atoms with Crippen molar-refractivity contribution >= 4 is 32.6 Å². The van der Waals surface area contributed by atoms with Gasteiger partial charge in [0.2, 0.25) is 0 Å². The van der Waals surface area contributed by atoms with Gasteiger partial charge in [-0.15, -0.1) is 0 Å². The van der Waals surface area contributed by atoms with Gasteiger partial charge < -0.3 is 14.4 Å². The normalized spacial score (nSPS) is 11.1. The van der Waals surface area contributed by atoms with Gasteiger partial charge in [0.05, 0.1) is 24.5 Å². The van der Waals surface area contributed by atoms with Gasteiger partial charge in [0, 0.05) is 6.54 Å². The Hall–Kier alpha value is -2.64. The number of hydrogen-bond donors (Lipinski definition) is 0. The molecule has 0 N–H and O–H groups in total. The number of carbonyl (C=O) groups excluding carboxylic acids is 1. The number of aromatic nitrogens is 1. The largest absolute Gasteiger partial charge is 0.496 e. The van der Waals surface area contributed by atoms with Crippen molar-refractivity contribution in [3.63, 3.8) is 0 Å². The number of benzene rings is 2. The van der Waals surface area contributed by atoms with Gasteiger partial charge in [0.25, 0.3) is 5.91 Å². The van der Waals surface area contributed by atoms with Crippen LogP contribution in [-0.2, 0) is 0 Å². The molecule has 1 amide bonds. The maximum atomic E-state index is 13.5. The van der Waals surface area contributed by atoms with Gasteiger partial charge in [-0.05, 0) is 57.7 Å². The van der Waals surface area contributed by atoms with Crippen LogP contribution in [0.1, 0.15) is 22.3 Å². The Bertz CT molecular complexity index is 1000. The number of methoxy groups -OCH3 is 2. The van der Waals surface area contributed by atoms with Crippen molar-refractivity contribution in [3.05, 3.63) is 47.5 Å². The van der Waals surface area contributed by atoms with Gasteiger partial charge in [-0.1, -0.05) is 29.5 Å². The molecule has 3 aromatic rings. The SMILES string of the molecule is COc1ccccc1C(=O)N(CCCN(C)C)c1nc2c(OC)ccc(C)c2s1. The lowest BCUT2D eigenvalue weighted by molar-refractivity contribution is 0.0983. The van der Waals surface area contributed by atoms with E-state index in [1.54, 1.807) is 31.3 Å². The Kier molecular flexibility index (Phi) is 6.71. The second-order valence-electron chi connectivity index (χ2n) is 7.07. The average molecular weight is 414 g/mol. The molecule has 0 radical (unpaired) electrons. The number of nitrogens with zero attached hydrogens (tertiary/aromatic N) is 3. The second kappa shape index (κ2) is 9.24. The zero-order chi connectivity index (χ0) is 21.0. The second-order valence-corrected chi connectivity index (χ2v) is 8.05. The fourth-order valence-electron chi connectivity index (χ4n) is 3.17. The van der Waals surface area contributed by atoms with Crippen LogP contribution in [0.4, 0.5) is 5.13 Å². The molecule has 0 saturated carbocycles. The summed E-state index contributed by atoms with van der Waals surface area (Å²) >= 11 is 1.52. The molecule has 7 heteroatoms. The molecule has 0 atom stereocenters. The van der Waals surface area contributed by atoms with E-state index >= 15 is 0 Å². The quantitative estimate of drug-likeness (QED) is 0.553. The summed E-state index contributed by atoms with van der Waals surface area (Å²) in [6.45, 7) is 3.49. The number of thiazole rings is 1. The standard InChI is InChI=1S/C22H27N3O3S/c1-15-11-12-18(28-5)19-20(15)29-22(23-19)25(14-8-13-24(2)3)21(26)16-9-6-7-10-17(16)27-4/h6-7,9-12H,8,13-14H2,1-5H3. The van der Waals surface area contributed by atoms with E-state index < -0.39 is 0 Å². The lowest BCUT2D eigenvalue weighted by Crippen LogP contribution is -2.33. The highest BCUT2D eigenvalue weighted by Crippen LogP contribution is 2.37. The number of anilines is 1. The van der Waals surface area contributed by atoms with Gasteiger partial charge in [0.1, 0.15) is 17.0 Å². The lowest BCUT2D eigenvalue weighted by atomic mass is 10.1. The first-order chi connectivity index (χ1) is 14.0. The van der Waals surface area contributed by atoms with Crippen LogP contribution in [0.25, 0.3) is 10.2 Å².